The van der Waals surface area contributed by atoms with E-state index in [9.17, 15) is 9.59 Å². The lowest BCUT2D eigenvalue weighted by Gasteiger charge is -2.18. The fourth-order valence-corrected chi connectivity index (χ4v) is 3.66. The number of nitrogens with zero attached hydrogens (tertiary/aromatic N) is 1. The largest absolute Gasteiger partial charge is 0.483 e. The molecule has 1 aliphatic heterocycles. The van der Waals surface area contributed by atoms with Gasteiger partial charge in [-0.3, -0.25) is 9.59 Å². The number of carbonyl (C=O) groups is 2. The van der Waals surface area contributed by atoms with E-state index in [-0.39, 0.29) is 18.4 Å². The molecule has 136 valence electrons. The van der Waals surface area contributed by atoms with Gasteiger partial charge in [0.1, 0.15) is 5.75 Å². The fraction of sp³-hybridized carbons (Fsp3) is 0.263. The number of halogens is 2. The monoisotopic (exact) mass is 436 g/mol. The summed E-state index contributed by atoms with van der Waals surface area (Å²) in [5, 5.41) is 3.18. The van der Waals surface area contributed by atoms with Gasteiger partial charge in [0.15, 0.2) is 6.61 Å². The minimum absolute atomic E-state index is 0.0701. The van der Waals surface area contributed by atoms with E-state index in [0.29, 0.717) is 35.1 Å². The van der Waals surface area contributed by atoms with Crippen LogP contribution in [0.25, 0.3) is 0 Å². The van der Waals surface area contributed by atoms with Gasteiger partial charge in [0.2, 0.25) is 5.91 Å². The van der Waals surface area contributed by atoms with Crippen LogP contribution in [-0.2, 0) is 9.59 Å². The topological polar surface area (TPSA) is 58.6 Å². The third kappa shape index (κ3) is 4.37. The van der Waals surface area contributed by atoms with Crippen molar-refractivity contribution in [2.75, 3.05) is 23.4 Å². The van der Waals surface area contributed by atoms with Crippen LogP contribution in [0.15, 0.2) is 40.9 Å². The van der Waals surface area contributed by atoms with Crippen molar-refractivity contribution in [3.8, 4) is 5.75 Å². The normalized spacial score (nSPS) is 13.8. The summed E-state index contributed by atoms with van der Waals surface area (Å²) in [6.45, 7) is 2.53. The SMILES string of the molecule is Cc1ccc(OCC(=O)Nc2ccc(N3CCCC3=O)c(Cl)c2)c(Br)c1. The molecule has 0 aliphatic carbocycles. The van der Waals surface area contributed by atoms with Gasteiger partial charge in [0.05, 0.1) is 15.2 Å². The van der Waals surface area contributed by atoms with Gasteiger partial charge in [-0.2, -0.15) is 0 Å². The lowest BCUT2D eigenvalue weighted by atomic mass is 10.2. The average Bonchev–Trinajstić information content (AvgIpc) is 3.00. The van der Waals surface area contributed by atoms with E-state index in [2.05, 4.69) is 21.2 Å². The van der Waals surface area contributed by atoms with E-state index in [1.165, 1.54) is 0 Å². The summed E-state index contributed by atoms with van der Waals surface area (Å²) in [7, 11) is 0. The highest BCUT2D eigenvalue weighted by molar-refractivity contribution is 9.10. The number of aryl methyl sites for hydroxylation is 1. The summed E-state index contributed by atoms with van der Waals surface area (Å²) in [5.41, 5.74) is 2.33. The van der Waals surface area contributed by atoms with Crippen molar-refractivity contribution < 1.29 is 14.3 Å². The first-order valence-electron chi connectivity index (χ1n) is 8.23. The molecule has 0 radical (unpaired) electrons. The molecule has 1 saturated heterocycles. The Morgan fingerprint density at radius 3 is 2.77 bits per heavy atom. The highest BCUT2D eigenvalue weighted by atomic mass is 79.9. The summed E-state index contributed by atoms with van der Waals surface area (Å²) in [4.78, 5) is 25.6. The number of rotatable bonds is 5. The first kappa shape index (κ1) is 18.7. The third-order valence-electron chi connectivity index (χ3n) is 4.04. The Labute approximate surface area is 165 Å². The molecule has 2 amide bonds. The van der Waals surface area contributed by atoms with Crippen molar-refractivity contribution in [2.45, 2.75) is 19.8 Å². The molecule has 2 aromatic rings. The zero-order chi connectivity index (χ0) is 18.7. The summed E-state index contributed by atoms with van der Waals surface area (Å²) in [6, 6.07) is 10.8. The Morgan fingerprint density at radius 2 is 2.12 bits per heavy atom. The van der Waals surface area contributed by atoms with Crippen LogP contribution in [0.3, 0.4) is 0 Å². The predicted molar refractivity (Wildman–Crippen MR) is 106 cm³/mol. The molecule has 5 nitrogen and oxygen atoms in total. The molecule has 1 heterocycles. The summed E-state index contributed by atoms with van der Waals surface area (Å²) >= 11 is 9.70. The van der Waals surface area contributed by atoms with Crippen molar-refractivity contribution in [1.29, 1.82) is 0 Å². The average molecular weight is 438 g/mol. The van der Waals surface area contributed by atoms with Crippen molar-refractivity contribution in [1.82, 2.24) is 0 Å². The molecule has 0 unspecified atom stereocenters. The van der Waals surface area contributed by atoms with Crippen LogP contribution in [0, 0.1) is 6.92 Å². The van der Waals surface area contributed by atoms with Crippen LogP contribution in [0.2, 0.25) is 5.02 Å². The highest BCUT2D eigenvalue weighted by Crippen LogP contribution is 2.31. The van der Waals surface area contributed by atoms with Gasteiger partial charge in [0.25, 0.3) is 5.91 Å². The van der Waals surface area contributed by atoms with Crippen LogP contribution >= 0.6 is 27.5 Å². The Hall–Kier alpha value is -2.05. The second kappa shape index (κ2) is 8.10. The molecular formula is C19H18BrClN2O3. The zero-order valence-corrected chi connectivity index (χ0v) is 16.6. The fourth-order valence-electron chi connectivity index (χ4n) is 2.77. The summed E-state index contributed by atoms with van der Waals surface area (Å²) in [6.07, 6.45) is 1.38. The standard InChI is InChI=1S/C19H18BrClN2O3/c1-12-4-7-17(14(20)9-12)26-11-18(24)22-13-5-6-16(15(21)10-13)23-8-2-3-19(23)25/h4-7,9-10H,2-3,8,11H2,1H3,(H,22,24). The second-order valence-corrected chi connectivity index (χ2v) is 7.35. The predicted octanol–water partition coefficient (Wildman–Crippen LogP) is 4.56. The van der Waals surface area contributed by atoms with Crippen LogP contribution in [0.4, 0.5) is 11.4 Å². The molecule has 1 aliphatic rings. The van der Waals surface area contributed by atoms with Crippen molar-refractivity contribution >= 4 is 50.7 Å². The van der Waals surface area contributed by atoms with Crippen LogP contribution in [-0.4, -0.2) is 25.0 Å². The third-order valence-corrected chi connectivity index (χ3v) is 4.96. The van der Waals surface area contributed by atoms with Crippen molar-refractivity contribution in [3.63, 3.8) is 0 Å². The van der Waals surface area contributed by atoms with E-state index < -0.39 is 0 Å². The van der Waals surface area contributed by atoms with Gasteiger partial charge in [-0.1, -0.05) is 17.7 Å². The molecule has 0 atom stereocenters. The Kier molecular flexibility index (Phi) is 5.84. The number of hydrogen-bond donors (Lipinski definition) is 1. The molecule has 1 fully saturated rings. The van der Waals surface area contributed by atoms with E-state index in [0.717, 1.165) is 16.5 Å². The molecule has 0 aromatic heterocycles. The van der Waals surface area contributed by atoms with Gasteiger partial charge >= 0.3 is 0 Å². The molecule has 0 spiro atoms. The van der Waals surface area contributed by atoms with Gasteiger partial charge < -0.3 is 15.0 Å². The van der Waals surface area contributed by atoms with Gasteiger partial charge in [-0.15, -0.1) is 0 Å². The maximum Gasteiger partial charge on any atom is 0.262 e. The van der Waals surface area contributed by atoms with Gasteiger partial charge in [-0.25, -0.2) is 0 Å². The molecule has 0 saturated carbocycles. The highest BCUT2D eigenvalue weighted by Gasteiger charge is 2.23. The van der Waals surface area contributed by atoms with Gasteiger partial charge in [-0.05, 0) is 65.2 Å². The first-order chi connectivity index (χ1) is 12.4. The molecule has 1 N–H and O–H groups in total. The Morgan fingerprint density at radius 1 is 1.31 bits per heavy atom. The number of nitrogens with one attached hydrogen (secondary N) is 1. The first-order valence-corrected chi connectivity index (χ1v) is 9.40. The Bertz CT molecular complexity index is 857. The van der Waals surface area contributed by atoms with Crippen molar-refractivity contribution in [3.05, 3.63) is 51.5 Å². The molecular weight excluding hydrogens is 420 g/mol. The smallest absolute Gasteiger partial charge is 0.262 e. The van der Waals surface area contributed by atoms with E-state index >= 15 is 0 Å². The van der Waals surface area contributed by atoms with E-state index in [1.54, 1.807) is 23.1 Å². The summed E-state index contributed by atoms with van der Waals surface area (Å²) in [5.74, 6) is 0.381. The number of amides is 2. The number of hydrogen-bond acceptors (Lipinski definition) is 3. The van der Waals surface area contributed by atoms with Crippen molar-refractivity contribution in [2.24, 2.45) is 0 Å². The lowest BCUT2D eigenvalue weighted by Crippen LogP contribution is -2.24. The number of ether oxygens (including phenoxy) is 1. The Balaban J connectivity index is 1.60. The number of anilines is 2. The minimum Gasteiger partial charge on any atom is -0.483 e. The maximum atomic E-state index is 12.1. The van der Waals surface area contributed by atoms with Crippen LogP contribution in [0.1, 0.15) is 18.4 Å². The second-order valence-electron chi connectivity index (χ2n) is 6.09. The molecule has 0 bridgehead atoms. The summed E-state index contributed by atoms with van der Waals surface area (Å²) < 4.78 is 6.33. The zero-order valence-electron chi connectivity index (χ0n) is 14.2. The van der Waals surface area contributed by atoms with E-state index in [4.69, 9.17) is 16.3 Å². The molecule has 2 aromatic carbocycles. The van der Waals surface area contributed by atoms with Crippen LogP contribution in [0.5, 0.6) is 5.75 Å². The van der Waals surface area contributed by atoms with Gasteiger partial charge in [0, 0.05) is 18.7 Å². The van der Waals surface area contributed by atoms with E-state index in [1.807, 2.05) is 25.1 Å². The maximum absolute atomic E-state index is 12.1. The van der Waals surface area contributed by atoms with Crippen LogP contribution < -0.4 is 15.0 Å². The molecule has 7 heteroatoms. The number of carbonyl (C=O) groups excluding carboxylic acids is 2. The number of benzene rings is 2. The molecule has 26 heavy (non-hydrogen) atoms. The quantitative estimate of drug-likeness (QED) is 0.746. The minimum atomic E-state index is -0.293. The molecule has 3 rings (SSSR count). The lowest BCUT2D eigenvalue weighted by molar-refractivity contribution is -0.118.